The zero-order chi connectivity index (χ0) is 8.97. The Morgan fingerprint density at radius 2 is 2.33 bits per heavy atom. The second-order valence-corrected chi connectivity index (χ2v) is 2.12. The molecule has 1 heterocycles. The Hall–Kier alpha value is -1.58. The minimum Gasteiger partial charge on any atom is -0.318 e. The molecule has 1 aromatic rings. The molecule has 0 aliphatic heterocycles. The number of aromatic nitrogens is 1. The molecule has 1 rings (SSSR count). The second-order valence-electron chi connectivity index (χ2n) is 1.94. The molecule has 0 aliphatic carbocycles. The minimum absolute atomic E-state index is 0.111. The Kier molecular flexibility index (Phi) is 2.63. The van der Waals surface area contributed by atoms with E-state index >= 15 is 0 Å². The lowest BCUT2D eigenvalue weighted by molar-refractivity contribution is 0.0999. The predicted molar refractivity (Wildman–Crippen MR) is 46.4 cm³/mol. The van der Waals surface area contributed by atoms with Crippen molar-refractivity contribution < 1.29 is 4.79 Å². The van der Waals surface area contributed by atoms with Gasteiger partial charge in [0.25, 0.3) is 0 Å². The molecule has 0 radical (unpaired) electrons. The average Bonchev–Trinajstić information content (AvgIpc) is 2.05. The van der Waals surface area contributed by atoms with E-state index in [1.165, 1.54) is 18.2 Å². The third-order valence-electron chi connectivity index (χ3n) is 1.15. The monoisotopic (exact) mass is 180 g/mol. The number of rotatable bonds is 1. The van der Waals surface area contributed by atoms with Crippen LogP contribution in [0.4, 0.5) is 0 Å². The van der Waals surface area contributed by atoms with Crippen LogP contribution in [0.1, 0.15) is 10.5 Å². The van der Waals surface area contributed by atoms with E-state index in [-0.39, 0.29) is 11.3 Å². The fourth-order valence-corrected chi connectivity index (χ4v) is 0.757. The molecule has 1 N–H and O–H groups in total. The number of aromatic amines is 1. The van der Waals surface area contributed by atoms with Gasteiger partial charge in [-0.15, -0.1) is 0 Å². The van der Waals surface area contributed by atoms with Gasteiger partial charge < -0.3 is 4.98 Å². The Morgan fingerprint density at radius 3 is 2.92 bits per heavy atom. The smallest absolute Gasteiger partial charge is 0.302 e. The Bertz CT molecular complexity index is 404. The highest BCUT2D eigenvalue weighted by Crippen LogP contribution is 1.91. The van der Waals surface area contributed by atoms with Crippen LogP contribution in [-0.4, -0.2) is 16.1 Å². The van der Waals surface area contributed by atoms with Crippen LogP contribution in [0.15, 0.2) is 28.0 Å². The van der Waals surface area contributed by atoms with Crippen LogP contribution >= 0.6 is 12.2 Å². The van der Waals surface area contributed by atoms with Crippen LogP contribution in [0.3, 0.4) is 0 Å². The van der Waals surface area contributed by atoms with Gasteiger partial charge in [0.05, 0.1) is 5.16 Å². The first-order valence-electron chi connectivity index (χ1n) is 3.05. The highest BCUT2D eigenvalue weighted by atomic mass is 32.1. The van der Waals surface area contributed by atoms with Gasteiger partial charge in [-0.1, -0.05) is 6.07 Å². The Morgan fingerprint density at radius 1 is 1.58 bits per heavy atom. The molecule has 0 unspecified atom stereocenters. The Labute approximate surface area is 73.0 Å². The number of carbonyl (C=O) groups is 1. The summed E-state index contributed by atoms with van der Waals surface area (Å²) in [6, 6.07) is 4.21. The van der Waals surface area contributed by atoms with Gasteiger partial charge in [0.2, 0.25) is 5.56 Å². The van der Waals surface area contributed by atoms with E-state index in [2.05, 4.69) is 22.2 Å². The zero-order valence-corrected chi connectivity index (χ0v) is 6.72. The number of carbonyl (C=O) groups excluding carboxylic acids is 1. The third-order valence-corrected chi connectivity index (χ3v) is 1.24. The van der Waals surface area contributed by atoms with Crippen molar-refractivity contribution in [2.24, 2.45) is 4.99 Å². The minimum atomic E-state index is -0.595. The van der Waals surface area contributed by atoms with Gasteiger partial charge in [-0.25, -0.2) is 0 Å². The number of aliphatic imine (C=N–C) groups is 1. The summed E-state index contributed by atoms with van der Waals surface area (Å²) in [6.45, 7) is 0. The first kappa shape index (κ1) is 8.52. The fraction of sp³-hybridized carbons (Fsp3) is 0. The maximum atomic E-state index is 10.9. The van der Waals surface area contributed by atoms with Crippen LogP contribution in [0.25, 0.3) is 0 Å². The molecule has 0 saturated carbocycles. The molecular formula is C7H4N2O2S. The van der Waals surface area contributed by atoms with Gasteiger partial charge in [0.15, 0.2) is 0 Å². The second kappa shape index (κ2) is 3.71. The van der Waals surface area contributed by atoms with Crippen molar-refractivity contribution in [3.8, 4) is 0 Å². The number of amides is 1. The van der Waals surface area contributed by atoms with Gasteiger partial charge >= 0.3 is 5.91 Å². The van der Waals surface area contributed by atoms with Gasteiger partial charge in [-0.05, 0) is 18.3 Å². The van der Waals surface area contributed by atoms with Crippen LogP contribution in [-0.2, 0) is 0 Å². The largest absolute Gasteiger partial charge is 0.318 e. The lowest BCUT2D eigenvalue weighted by Gasteiger charge is -1.90. The van der Waals surface area contributed by atoms with Gasteiger partial charge in [-0.2, -0.15) is 4.99 Å². The normalized spacial score (nSPS) is 8.67. The average molecular weight is 180 g/mol. The summed E-state index contributed by atoms with van der Waals surface area (Å²) in [7, 11) is 0. The van der Waals surface area contributed by atoms with Crippen molar-refractivity contribution >= 4 is 23.3 Å². The quantitative estimate of drug-likeness (QED) is 0.509. The van der Waals surface area contributed by atoms with Crippen molar-refractivity contribution in [3.63, 3.8) is 0 Å². The molecule has 0 bridgehead atoms. The molecule has 0 aromatic carbocycles. The molecule has 0 fully saturated rings. The molecule has 0 aliphatic rings. The molecule has 0 atom stereocenters. The van der Waals surface area contributed by atoms with E-state index in [0.29, 0.717) is 0 Å². The number of nitrogens with zero attached hydrogens (tertiary/aromatic N) is 1. The van der Waals surface area contributed by atoms with Crippen molar-refractivity contribution in [3.05, 3.63) is 34.2 Å². The summed E-state index contributed by atoms with van der Waals surface area (Å²) in [6.07, 6.45) is 0. The zero-order valence-electron chi connectivity index (χ0n) is 5.90. The molecular weight excluding hydrogens is 176 g/mol. The number of hydrogen-bond acceptors (Lipinski definition) is 3. The van der Waals surface area contributed by atoms with E-state index in [0.717, 1.165) is 0 Å². The van der Waals surface area contributed by atoms with E-state index in [9.17, 15) is 9.59 Å². The summed E-state index contributed by atoms with van der Waals surface area (Å²) >= 11 is 4.23. The molecule has 1 amide bonds. The number of thiocarbonyl (C=S) groups is 1. The summed E-state index contributed by atoms with van der Waals surface area (Å²) in [5.41, 5.74) is -0.236. The molecule has 12 heavy (non-hydrogen) atoms. The molecule has 60 valence electrons. The highest BCUT2D eigenvalue weighted by molar-refractivity contribution is 7.78. The van der Waals surface area contributed by atoms with Crippen LogP contribution in [0.2, 0.25) is 0 Å². The summed E-state index contributed by atoms with van der Waals surface area (Å²) < 4.78 is 0. The summed E-state index contributed by atoms with van der Waals surface area (Å²) in [5, 5.41) is 1.92. The summed E-state index contributed by atoms with van der Waals surface area (Å²) in [4.78, 5) is 27.1. The lowest BCUT2D eigenvalue weighted by Crippen LogP contribution is -2.09. The maximum absolute atomic E-state index is 10.9. The number of pyridine rings is 1. The highest BCUT2D eigenvalue weighted by Gasteiger charge is 2.01. The molecule has 0 saturated heterocycles. The first-order valence-corrected chi connectivity index (χ1v) is 3.46. The lowest BCUT2D eigenvalue weighted by atomic mass is 10.3. The van der Waals surface area contributed by atoms with Gasteiger partial charge in [0, 0.05) is 6.07 Å². The topological polar surface area (TPSA) is 62.3 Å². The first-order chi connectivity index (χ1) is 5.74. The standard InChI is InChI=1S/C7H4N2O2S/c10-6-3-1-2-5(9-6)7(11)8-4-12/h1-3H,(H,9,10). The molecule has 1 aromatic heterocycles. The van der Waals surface area contributed by atoms with Crippen molar-refractivity contribution in [2.45, 2.75) is 0 Å². The van der Waals surface area contributed by atoms with Crippen LogP contribution < -0.4 is 5.56 Å². The summed E-state index contributed by atoms with van der Waals surface area (Å²) in [5.74, 6) is -0.595. The number of nitrogens with one attached hydrogen (secondary N) is 1. The van der Waals surface area contributed by atoms with E-state index in [1.807, 2.05) is 5.16 Å². The van der Waals surface area contributed by atoms with E-state index < -0.39 is 5.91 Å². The predicted octanol–water partition coefficient (Wildman–Crippen LogP) is 0.618. The maximum Gasteiger partial charge on any atom is 0.302 e. The SMILES string of the molecule is O=C(N=C=S)c1cccc(=O)[nH]1. The van der Waals surface area contributed by atoms with Crippen LogP contribution in [0.5, 0.6) is 0 Å². The Balaban J connectivity index is 3.12. The molecule has 0 spiro atoms. The van der Waals surface area contributed by atoms with Crippen molar-refractivity contribution in [1.82, 2.24) is 4.98 Å². The fourth-order valence-electron chi connectivity index (χ4n) is 0.674. The van der Waals surface area contributed by atoms with Crippen LogP contribution in [0, 0.1) is 0 Å². The van der Waals surface area contributed by atoms with Gasteiger partial charge in [-0.3, -0.25) is 9.59 Å². The number of isothiocyanates is 1. The molecule has 5 heteroatoms. The van der Waals surface area contributed by atoms with Crippen molar-refractivity contribution in [2.75, 3.05) is 0 Å². The van der Waals surface area contributed by atoms with Crippen molar-refractivity contribution in [1.29, 1.82) is 0 Å². The van der Waals surface area contributed by atoms with E-state index in [4.69, 9.17) is 0 Å². The number of hydrogen-bond donors (Lipinski definition) is 1. The van der Waals surface area contributed by atoms with Gasteiger partial charge in [0.1, 0.15) is 5.69 Å². The number of H-pyrrole nitrogens is 1. The van der Waals surface area contributed by atoms with E-state index in [1.54, 1.807) is 0 Å². The molecule has 4 nitrogen and oxygen atoms in total. The third kappa shape index (κ3) is 1.95.